The van der Waals surface area contributed by atoms with Gasteiger partial charge in [0.2, 0.25) is 0 Å². The highest BCUT2D eigenvalue weighted by molar-refractivity contribution is 5.92. The number of carbonyl (C=O) groups excluding carboxylic acids is 1. The summed E-state index contributed by atoms with van der Waals surface area (Å²) in [5.74, 6) is 1.87. The lowest BCUT2D eigenvalue weighted by atomic mass is 10.2. The van der Waals surface area contributed by atoms with Gasteiger partial charge in [-0.3, -0.25) is 4.90 Å². The highest BCUT2D eigenvalue weighted by Gasteiger charge is 2.32. The Morgan fingerprint density at radius 3 is 2.31 bits per heavy atom. The maximum atomic E-state index is 12.9. The molecule has 1 aliphatic heterocycles. The maximum absolute atomic E-state index is 12.9. The molecular weight excluding hydrogens is 454 g/mol. The molecule has 0 aliphatic carbocycles. The van der Waals surface area contributed by atoms with E-state index in [-0.39, 0.29) is 12.7 Å². The summed E-state index contributed by atoms with van der Waals surface area (Å²) in [5, 5.41) is 0. The third-order valence-electron chi connectivity index (χ3n) is 6.21. The maximum Gasteiger partial charge on any atom is 0.410 e. The second kappa shape index (κ2) is 9.07. The Labute approximate surface area is 207 Å². The van der Waals surface area contributed by atoms with Gasteiger partial charge in [-0.05, 0) is 42.0 Å². The molecule has 0 bridgehead atoms. The van der Waals surface area contributed by atoms with E-state index in [2.05, 4.69) is 9.97 Å². The van der Waals surface area contributed by atoms with Crippen LogP contribution in [0.5, 0.6) is 11.5 Å². The highest BCUT2D eigenvalue weighted by Crippen LogP contribution is 2.37. The van der Waals surface area contributed by atoms with E-state index in [1.165, 1.54) is 6.33 Å². The number of hydrogen-bond acceptors (Lipinski definition) is 6. The molecule has 0 saturated heterocycles. The molecule has 36 heavy (non-hydrogen) atoms. The molecule has 0 fully saturated rings. The summed E-state index contributed by atoms with van der Waals surface area (Å²) in [6.07, 6.45) is 1.08. The number of rotatable bonds is 5. The Morgan fingerprint density at radius 2 is 1.56 bits per heavy atom. The van der Waals surface area contributed by atoms with Crippen molar-refractivity contribution < 1.29 is 14.3 Å². The van der Waals surface area contributed by atoms with Crippen LogP contribution in [0.2, 0.25) is 0 Å². The van der Waals surface area contributed by atoms with Gasteiger partial charge in [0, 0.05) is 11.3 Å². The molecule has 1 aliphatic rings. The molecule has 6 rings (SSSR count). The molecule has 5 aromatic rings. The number of ether oxygens (including phenoxy) is 2. The molecule has 2 aromatic heterocycles. The quantitative estimate of drug-likeness (QED) is 0.362. The van der Waals surface area contributed by atoms with E-state index in [1.54, 1.807) is 4.90 Å². The van der Waals surface area contributed by atoms with Crippen molar-refractivity contribution in [3.05, 3.63) is 108 Å². The number of carbonyl (C=O) groups is 1. The summed E-state index contributed by atoms with van der Waals surface area (Å²) < 4.78 is 13.5. The van der Waals surface area contributed by atoms with Crippen LogP contribution in [-0.2, 0) is 24.4 Å². The van der Waals surface area contributed by atoms with Crippen molar-refractivity contribution in [1.82, 2.24) is 19.4 Å². The van der Waals surface area contributed by atoms with E-state index in [1.807, 2.05) is 89.5 Å². The molecule has 0 atom stereocenters. The Bertz CT molecular complexity index is 1530. The normalized spacial score (nSPS) is 12.5. The number of nitrogen functional groups attached to an aromatic ring is 1. The average Bonchev–Trinajstić information content (AvgIpc) is 3.48. The fourth-order valence-corrected chi connectivity index (χ4v) is 4.51. The smallest absolute Gasteiger partial charge is 0.410 e. The van der Waals surface area contributed by atoms with Crippen molar-refractivity contribution in [3.63, 3.8) is 0 Å². The van der Waals surface area contributed by atoms with E-state index in [9.17, 15) is 4.79 Å². The summed E-state index contributed by atoms with van der Waals surface area (Å²) >= 11 is 0. The largest absolute Gasteiger partial charge is 0.457 e. The molecule has 0 radical (unpaired) electrons. The minimum atomic E-state index is -0.372. The van der Waals surface area contributed by atoms with E-state index in [0.717, 1.165) is 39.3 Å². The summed E-state index contributed by atoms with van der Waals surface area (Å²) in [7, 11) is 0. The van der Waals surface area contributed by atoms with Crippen LogP contribution in [0.15, 0.2) is 91.3 Å². The zero-order valence-electron chi connectivity index (χ0n) is 19.4. The molecule has 2 N–H and O–H groups in total. The van der Waals surface area contributed by atoms with E-state index >= 15 is 0 Å². The van der Waals surface area contributed by atoms with Crippen molar-refractivity contribution >= 4 is 22.9 Å². The number of aromatic nitrogens is 3. The van der Waals surface area contributed by atoms with Crippen LogP contribution in [0, 0.1) is 0 Å². The molecule has 0 spiro atoms. The number of hydrogen-bond donors (Lipinski definition) is 1. The molecule has 3 aromatic carbocycles. The molecule has 0 saturated carbocycles. The number of fused-ring (bicyclic) bond motifs is 3. The Morgan fingerprint density at radius 1 is 0.861 bits per heavy atom. The predicted molar refractivity (Wildman–Crippen MR) is 136 cm³/mol. The lowest BCUT2D eigenvalue weighted by Crippen LogP contribution is -2.26. The van der Waals surface area contributed by atoms with Crippen molar-refractivity contribution in [1.29, 1.82) is 0 Å². The fourth-order valence-electron chi connectivity index (χ4n) is 4.51. The second-order valence-corrected chi connectivity index (χ2v) is 8.52. The van der Waals surface area contributed by atoms with Gasteiger partial charge in [-0.2, -0.15) is 0 Å². The highest BCUT2D eigenvalue weighted by atomic mass is 16.6. The van der Waals surface area contributed by atoms with Crippen LogP contribution in [0.25, 0.3) is 16.7 Å². The van der Waals surface area contributed by atoms with Gasteiger partial charge < -0.3 is 19.8 Å². The minimum Gasteiger partial charge on any atom is -0.457 e. The third-order valence-corrected chi connectivity index (χ3v) is 6.21. The first-order chi connectivity index (χ1) is 17.7. The van der Waals surface area contributed by atoms with Gasteiger partial charge in [0.15, 0.2) is 5.82 Å². The monoisotopic (exact) mass is 477 g/mol. The number of anilines is 1. The first kappa shape index (κ1) is 21.7. The lowest BCUT2D eigenvalue weighted by Gasteiger charge is -2.18. The fraction of sp³-hybridized carbons (Fsp3) is 0.107. The van der Waals surface area contributed by atoms with Crippen molar-refractivity contribution in [2.45, 2.75) is 19.7 Å². The zero-order valence-corrected chi connectivity index (χ0v) is 19.4. The van der Waals surface area contributed by atoms with Crippen LogP contribution in [0.4, 0.5) is 10.6 Å². The first-order valence-electron chi connectivity index (χ1n) is 11.6. The van der Waals surface area contributed by atoms with Crippen LogP contribution >= 0.6 is 0 Å². The molecule has 178 valence electrons. The first-order valence-corrected chi connectivity index (χ1v) is 11.6. The average molecular weight is 478 g/mol. The number of amides is 1. The number of para-hydroxylation sites is 1. The van der Waals surface area contributed by atoms with Crippen LogP contribution < -0.4 is 10.5 Å². The molecule has 1 amide bonds. The second-order valence-electron chi connectivity index (χ2n) is 8.52. The van der Waals surface area contributed by atoms with E-state index < -0.39 is 0 Å². The van der Waals surface area contributed by atoms with Crippen molar-refractivity contribution in [2.75, 3.05) is 5.73 Å². The van der Waals surface area contributed by atoms with Crippen LogP contribution in [-0.4, -0.2) is 25.5 Å². The lowest BCUT2D eigenvalue weighted by molar-refractivity contribution is 0.0952. The summed E-state index contributed by atoms with van der Waals surface area (Å²) in [6.45, 7) is 0.984. The van der Waals surface area contributed by atoms with Crippen LogP contribution in [0.3, 0.4) is 0 Å². The Kier molecular flexibility index (Phi) is 5.46. The third kappa shape index (κ3) is 3.98. The SMILES string of the molecule is Nc1ncnc2c3c(n(-c4ccc(Oc5ccccc5)cc4)c12)CN(C(=O)OCc1ccccc1)C3. The van der Waals surface area contributed by atoms with Gasteiger partial charge in [-0.25, -0.2) is 14.8 Å². The molecular formula is C28H23N5O3. The Balaban J connectivity index is 1.29. The summed E-state index contributed by atoms with van der Waals surface area (Å²) in [6, 6.07) is 27.0. The van der Waals surface area contributed by atoms with Gasteiger partial charge in [0.25, 0.3) is 0 Å². The minimum absolute atomic E-state index is 0.221. The van der Waals surface area contributed by atoms with Gasteiger partial charge in [0.05, 0.1) is 24.3 Å². The molecule has 8 nitrogen and oxygen atoms in total. The van der Waals surface area contributed by atoms with Gasteiger partial charge in [0.1, 0.15) is 29.9 Å². The molecule has 3 heterocycles. The standard InChI is InChI=1S/C28H23N5O3/c29-27-26-25(30-18-31-27)23-15-32(28(34)35-17-19-7-3-1-4-8-19)16-24(23)33(26)20-11-13-22(14-12-20)36-21-9-5-2-6-10-21/h1-14,18H,15-17H2,(H2,29,30,31). The van der Waals surface area contributed by atoms with Crippen molar-refractivity contribution in [2.24, 2.45) is 0 Å². The van der Waals surface area contributed by atoms with Crippen molar-refractivity contribution in [3.8, 4) is 17.2 Å². The molecule has 0 unspecified atom stereocenters. The summed E-state index contributed by atoms with van der Waals surface area (Å²) in [5.41, 5.74) is 11.5. The topological polar surface area (TPSA) is 95.5 Å². The molecule has 8 heteroatoms. The van der Waals surface area contributed by atoms with Crippen LogP contribution in [0.1, 0.15) is 16.8 Å². The summed E-state index contributed by atoms with van der Waals surface area (Å²) in [4.78, 5) is 23.3. The number of benzene rings is 3. The number of nitrogens with zero attached hydrogens (tertiary/aromatic N) is 4. The number of nitrogens with two attached hydrogens (primary N) is 1. The Hall–Kier alpha value is -4.85. The van der Waals surface area contributed by atoms with Gasteiger partial charge >= 0.3 is 6.09 Å². The predicted octanol–water partition coefficient (Wildman–Crippen LogP) is 5.45. The zero-order chi connectivity index (χ0) is 24.5. The van der Waals surface area contributed by atoms with E-state index in [0.29, 0.717) is 24.7 Å². The van der Waals surface area contributed by atoms with Gasteiger partial charge in [-0.15, -0.1) is 0 Å². The van der Waals surface area contributed by atoms with E-state index in [4.69, 9.17) is 15.2 Å². The van der Waals surface area contributed by atoms with Gasteiger partial charge in [-0.1, -0.05) is 48.5 Å².